The molecule has 2 aliphatic rings. The summed E-state index contributed by atoms with van der Waals surface area (Å²) in [5, 5.41) is 11.2. The van der Waals surface area contributed by atoms with Crippen molar-refractivity contribution in [3.63, 3.8) is 0 Å². The smallest absolute Gasteiger partial charge is 0.306 e. The molecule has 15 nitrogen and oxygen atoms in total. The van der Waals surface area contributed by atoms with E-state index in [2.05, 4.69) is 64.5 Å². The van der Waals surface area contributed by atoms with Gasteiger partial charge in [0.1, 0.15) is 42.6 Å². The lowest BCUT2D eigenvalue weighted by atomic mass is 9.99. The molecule has 3 aromatic heterocycles. The van der Waals surface area contributed by atoms with E-state index in [1.807, 2.05) is 0 Å². The fraction of sp³-hybridized carbons (Fsp3) is 0.613. The van der Waals surface area contributed by atoms with Crippen molar-refractivity contribution in [3.8, 4) is 11.8 Å². The van der Waals surface area contributed by atoms with E-state index >= 15 is 0 Å². The molecule has 47 heavy (non-hydrogen) atoms. The third-order valence-corrected chi connectivity index (χ3v) is 10.1. The summed E-state index contributed by atoms with van der Waals surface area (Å²) in [6.07, 6.45) is 4.76. The number of carbonyl (C=O) groups excluding carboxylic acids is 1. The van der Waals surface area contributed by atoms with Crippen LogP contribution in [-0.2, 0) is 23.4 Å². The number of aliphatic hydroxyl groups is 1. The molecular weight excluding hydrogens is 627 g/mol. The normalized spacial score (nSPS) is 25.1. The van der Waals surface area contributed by atoms with Crippen LogP contribution in [0.15, 0.2) is 24.9 Å². The SMILES string of the molecule is Cc1nccn1P(=O)([O-])OC[C@H]1O[C@@H](n2cc(C#CCCC(=O)OCC3CN(C)C(CC(C)C)CN3C)c3c(N)ncnc32)C[C@H]1O. The molecule has 0 saturated carbocycles. The molecule has 0 radical (unpaired) electrons. The Bertz CT molecular complexity index is 1670. The number of nitrogen functional groups attached to an aromatic ring is 1. The first kappa shape index (κ1) is 35.0. The molecule has 2 aliphatic heterocycles. The van der Waals surface area contributed by atoms with Crippen LogP contribution < -0.4 is 10.6 Å². The van der Waals surface area contributed by atoms with Crippen LogP contribution in [0.25, 0.3) is 11.0 Å². The molecule has 0 aliphatic carbocycles. The van der Waals surface area contributed by atoms with Crippen LogP contribution >= 0.6 is 7.75 Å². The van der Waals surface area contributed by atoms with E-state index in [4.69, 9.17) is 19.7 Å². The second-order valence-electron chi connectivity index (χ2n) is 12.7. The van der Waals surface area contributed by atoms with Gasteiger partial charge in [-0.15, -0.1) is 0 Å². The zero-order valence-electron chi connectivity index (χ0n) is 27.5. The Kier molecular flexibility index (Phi) is 11.0. The summed E-state index contributed by atoms with van der Waals surface area (Å²) in [4.78, 5) is 42.1. The minimum Gasteiger partial charge on any atom is -0.761 e. The number of anilines is 1. The van der Waals surface area contributed by atoms with Gasteiger partial charge in [-0.05, 0) is 33.4 Å². The second kappa shape index (κ2) is 14.8. The van der Waals surface area contributed by atoms with E-state index in [1.54, 1.807) is 17.7 Å². The number of aromatic nitrogens is 5. The van der Waals surface area contributed by atoms with Crippen molar-refractivity contribution in [2.75, 3.05) is 46.1 Å². The molecule has 3 N–H and O–H groups in total. The fourth-order valence-corrected chi connectivity index (χ4v) is 7.21. The van der Waals surface area contributed by atoms with Crippen LogP contribution in [0.4, 0.5) is 5.82 Å². The third kappa shape index (κ3) is 8.21. The average molecular weight is 672 g/mol. The molecule has 0 aromatic carbocycles. The molecule has 16 heteroatoms. The van der Waals surface area contributed by atoms with Crippen molar-refractivity contribution in [1.29, 1.82) is 0 Å². The lowest BCUT2D eigenvalue weighted by Gasteiger charge is -2.43. The van der Waals surface area contributed by atoms with Crippen molar-refractivity contribution in [1.82, 2.24) is 33.7 Å². The first-order valence-electron chi connectivity index (χ1n) is 15.8. The van der Waals surface area contributed by atoms with Crippen LogP contribution in [0.2, 0.25) is 0 Å². The van der Waals surface area contributed by atoms with Crippen LogP contribution in [-0.4, -0.2) is 109 Å². The highest BCUT2D eigenvalue weighted by Gasteiger charge is 2.37. The lowest BCUT2D eigenvalue weighted by molar-refractivity contribution is -0.205. The molecule has 0 amide bonds. The summed E-state index contributed by atoms with van der Waals surface area (Å²) in [5.74, 6) is 6.89. The maximum absolute atomic E-state index is 12.6. The first-order valence-corrected chi connectivity index (χ1v) is 17.3. The van der Waals surface area contributed by atoms with Gasteiger partial charge >= 0.3 is 5.97 Å². The lowest BCUT2D eigenvalue weighted by Crippen LogP contribution is -2.57. The summed E-state index contributed by atoms with van der Waals surface area (Å²) >= 11 is 0. The van der Waals surface area contributed by atoms with E-state index in [9.17, 15) is 19.4 Å². The summed E-state index contributed by atoms with van der Waals surface area (Å²) < 4.78 is 32.0. The molecule has 0 spiro atoms. The zero-order valence-corrected chi connectivity index (χ0v) is 28.4. The second-order valence-corrected chi connectivity index (χ2v) is 14.4. The summed E-state index contributed by atoms with van der Waals surface area (Å²) in [6, 6.07) is 0.635. The zero-order chi connectivity index (χ0) is 33.9. The number of carbonyl (C=O) groups is 1. The number of fused-ring (bicyclic) bond motifs is 1. The number of rotatable bonds is 11. The van der Waals surface area contributed by atoms with Gasteiger partial charge < -0.3 is 39.2 Å². The average Bonchev–Trinajstić information content (AvgIpc) is 3.72. The van der Waals surface area contributed by atoms with Gasteiger partial charge in [-0.2, -0.15) is 0 Å². The number of piperazine rings is 1. The predicted molar refractivity (Wildman–Crippen MR) is 172 cm³/mol. The number of aryl methyl sites for hydroxylation is 1. The first-order chi connectivity index (χ1) is 22.3. The molecule has 2 saturated heterocycles. The standard InChI is InChI=1S/C31H45N8O7P/c1-20(2)12-23-15-37(5)24(16-36(23)4)17-44-28(41)9-7-6-8-22-14-38(31-29(22)30(32)34-19-35-31)27-13-25(40)26(46-27)18-45-47(42,43)39-11-10-33-21(39)3/h10-11,14,19-20,23-27,40H,7,9,12-13,15-18H2,1-5H3,(H,42,43)(H2,32,34,35)/p-1/t23?,24?,25-,26-,27-/m1/s1. The van der Waals surface area contributed by atoms with E-state index in [1.165, 1.54) is 18.7 Å². The number of nitrogens with zero attached hydrogens (tertiary/aromatic N) is 7. The maximum atomic E-state index is 12.6. The molecule has 6 atom stereocenters. The van der Waals surface area contributed by atoms with E-state index in [0.717, 1.165) is 23.8 Å². The topological polar surface area (TPSA) is 186 Å². The highest BCUT2D eigenvalue weighted by molar-refractivity contribution is 7.49. The van der Waals surface area contributed by atoms with Gasteiger partial charge in [0.15, 0.2) is 0 Å². The van der Waals surface area contributed by atoms with Crippen molar-refractivity contribution in [2.45, 2.75) is 77.0 Å². The minimum absolute atomic E-state index is 0.140. The number of imidazole rings is 1. The van der Waals surface area contributed by atoms with Crippen LogP contribution in [0.5, 0.6) is 0 Å². The Morgan fingerprint density at radius 2 is 1.96 bits per heavy atom. The number of likely N-dealkylation sites (N-methyl/N-ethyl adjacent to an activating group) is 2. The van der Waals surface area contributed by atoms with Crippen LogP contribution in [0.3, 0.4) is 0 Å². The predicted octanol–water partition coefficient (Wildman–Crippen LogP) is 1.54. The number of aliphatic hydroxyl groups excluding tert-OH is 1. The van der Waals surface area contributed by atoms with Gasteiger partial charge in [0.2, 0.25) is 7.75 Å². The number of nitrogens with two attached hydrogens (primary N) is 1. The molecule has 3 aromatic rings. The molecule has 0 bridgehead atoms. The van der Waals surface area contributed by atoms with Crippen molar-refractivity contribution in [2.24, 2.45) is 5.92 Å². The highest BCUT2D eigenvalue weighted by atomic mass is 31.2. The van der Waals surface area contributed by atoms with Gasteiger partial charge in [0.25, 0.3) is 0 Å². The number of hydrogen-bond donors (Lipinski definition) is 2. The third-order valence-electron chi connectivity index (χ3n) is 8.72. The van der Waals surface area contributed by atoms with Gasteiger partial charge in [0, 0.05) is 50.6 Å². The fourth-order valence-electron chi connectivity index (χ4n) is 6.12. The molecule has 3 unspecified atom stereocenters. The minimum atomic E-state index is -4.48. The van der Waals surface area contributed by atoms with Gasteiger partial charge in [-0.25, -0.2) is 15.0 Å². The van der Waals surface area contributed by atoms with E-state index < -0.39 is 26.2 Å². The number of hydrogen-bond acceptors (Lipinski definition) is 13. The van der Waals surface area contributed by atoms with Crippen LogP contribution in [0, 0.1) is 24.7 Å². The Morgan fingerprint density at radius 3 is 2.68 bits per heavy atom. The number of ether oxygens (including phenoxy) is 2. The van der Waals surface area contributed by atoms with E-state index in [0.29, 0.717) is 35.2 Å². The monoisotopic (exact) mass is 671 g/mol. The van der Waals surface area contributed by atoms with Crippen molar-refractivity contribution in [3.05, 3.63) is 36.3 Å². The Labute approximate surface area is 274 Å². The summed E-state index contributed by atoms with van der Waals surface area (Å²) in [5.41, 5.74) is 7.18. The molecule has 2 fully saturated rings. The van der Waals surface area contributed by atoms with Crippen LogP contribution in [0.1, 0.15) is 57.1 Å². The molecule has 256 valence electrons. The quantitative estimate of drug-likeness (QED) is 0.170. The number of esters is 1. The summed E-state index contributed by atoms with van der Waals surface area (Å²) in [7, 11) is -0.271. The Hall–Kier alpha value is -3.35. The molecular formula is C31H44N8O7P-. The van der Waals surface area contributed by atoms with Gasteiger partial charge in [-0.3, -0.25) is 18.6 Å². The maximum Gasteiger partial charge on any atom is 0.306 e. The Morgan fingerprint density at radius 1 is 1.21 bits per heavy atom. The molecule has 5 rings (SSSR count). The Balaban J connectivity index is 1.18. The van der Waals surface area contributed by atoms with E-state index in [-0.39, 0.29) is 49.5 Å². The van der Waals surface area contributed by atoms with Crippen molar-refractivity contribution >= 4 is 30.6 Å². The summed E-state index contributed by atoms with van der Waals surface area (Å²) in [6.45, 7) is 7.73. The largest absolute Gasteiger partial charge is 0.761 e. The highest BCUT2D eigenvalue weighted by Crippen LogP contribution is 2.42. The molecule has 5 heterocycles. The van der Waals surface area contributed by atoms with Crippen molar-refractivity contribution < 1.29 is 33.4 Å². The van der Waals surface area contributed by atoms with Gasteiger partial charge in [0.05, 0.1) is 36.1 Å². The van der Waals surface area contributed by atoms with Gasteiger partial charge in [-0.1, -0.05) is 25.7 Å².